The number of nitrogens with zero attached hydrogens (tertiary/aromatic N) is 1. The molecule has 2 aromatic rings. The quantitative estimate of drug-likeness (QED) is 0.710. The Kier molecular flexibility index (Phi) is 7.24. The normalized spacial score (nSPS) is 11.8. The second-order valence-corrected chi connectivity index (χ2v) is 8.84. The lowest BCUT2D eigenvalue weighted by atomic mass is 10.2. The summed E-state index contributed by atoms with van der Waals surface area (Å²) in [6.45, 7) is 5.25. The summed E-state index contributed by atoms with van der Waals surface area (Å²) in [4.78, 5) is 0.293. The molecule has 0 aromatic heterocycles. The summed E-state index contributed by atoms with van der Waals surface area (Å²) in [5, 5.41) is 3.35. The predicted octanol–water partition coefficient (Wildman–Crippen LogP) is 3.02. The van der Waals surface area contributed by atoms with E-state index in [0.29, 0.717) is 23.7 Å². The van der Waals surface area contributed by atoms with Gasteiger partial charge in [-0.15, -0.1) is 0 Å². The van der Waals surface area contributed by atoms with Crippen LogP contribution in [-0.4, -0.2) is 40.0 Å². The molecule has 0 spiro atoms. The highest BCUT2D eigenvalue weighted by molar-refractivity contribution is 7.89. The minimum atomic E-state index is -3.39. The van der Waals surface area contributed by atoms with E-state index in [1.807, 2.05) is 44.2 Å². The summed E-state index contributed by atoms with van der Waals surface area (Å²) < 4.78 is 36.5. The molecule has 0 radical (unpaired) electrons. The van der Waals surface area contributed by atoms with Crippen molar-refractivity contribution in [2.45, 2.75) is 37.9 Å². The van der Waals surface area contributed by atoms with Gasteiger partial charge < -0.3 is 14.8 Å². The van der Waals surface area contributed by atoms with Crippen molar-refractivity contribution in [1.29, 1.82) is 0 Å². The standard InChI is InChI=1S/C20H28N2O4S/c1-15(2)26-19-11-8-17(12-20(19)25-5)14-21-13-16-6-9-18(10-7-16)27(23,24)22(3)4/h6-12,15,21H,13-14H2,1-5H3. The molecule has 0 saturated carbocycles. The van der Waals surface area contributed by atoms with E-state index in [-0.39, 0.29) is 6.10 Å². The van der Waals surface area contributed by atoms with Crippen molar-refractivity contribution in [3.05, 3.63) is 53.6 Å². The molecule has 0 bridgehead atoms. The summed E-state index contributed by atoms with van der Waals surface area (Å²) in [6, 6.07) is 12.8. The van der Waals surface area contributed by atoms with E-state index in [4.69, 9.17) is 9.47 Å². The Labute approximate surface area is 162 Å². The predicted molar refractivity (Wildman–Crippen MR) is 107 cm³/mol. The third kappa shape index (κ3) is 5.69. The maximum absolute atomic E-state index is 12.1. The van der Waals surface area contributed by atoms with Gasteiger partial charge in [-0.1, -0.05) is 18.2 Å². The lowest BCUT2D eigenvalue weighted by molar-refractivity contribution is 0.230. The van der Waals surface area contributed by atoms with Crippen LogP contribution in [0.3, 0.4) is 0 Å². The maximum atomic E-state index is 12.1. The summed E-state index contributed by atoms with van der Waals surface area (Å²) >= 11 is 0. The smallest absolute Gasteiger partial charge is 0.242 e. The Hall–Kier alpha value is -2.09. The van der Waals surface area contributed by atoms with Crippen molar-refractivity contribution in [1.82, 2.24) is 9.62 Å². The van der Waals surface area contributed by atoms with Gasteiger partial charge in [0, 0.05) is 27.2 Å². The molecular weight excluding hydrogens is 364 g/mol. The molecule has 0 amide bonds. The second-order valence-electron chi connectivity index (χ2n) is 6.69. The Morgan fingerprint density at radius 3 is 2.11 bits per heavy atom. The van der Waals surface area contributed by atoms with Gasteiger partial charge in [-0.3, -0.25) is 0 Å². The van der Waals surface area contributed by atoms with Gasteiger partial charge in [-0.05, 0) is 49.2 Å². The molecule has 0 aliphatic carbocycles. The molecule has 0 fully saturated rings. The van der Waals surface area contributed by atoms with Crippen LogP contribution in [0.25, 0.3) is 0 Å². The first kappa shape index (κ1) is 21.2. The van der Waals surface area contributed by atoms with E-state index in [2.05, 4.69) is 5.32 Å². The van der Waals surface area contributed by atoms with Crippen LogP contribution in [0.2, 0.25) is 0 Å². The maximum Gasteiger partial charge on any atom is 0.242 e. The Morgan fingerprint density at radius 2 is 1.56 bits per heavy atom. The van der Waals surface area contributed by atoms with Gasteiger partial charge in [-0.2, -0.15) is 0 Å². The molecular formula is C20H28N2O4S. The first-order chi connectivity index (χ1) is 12.7. The van der Waals surface area contributed by atoms with Crippen LogP contribution in [0.15, 0.2) is 47.4 Å². The molecule has 0 aliphatic heterocycles. The number of sulfonamides is 1. The molecule has 7 heteroatoms. The van der Waals surface area contributed by atoms with E-state index >= 15 is 0 Å². The van der Waals surface area contributed by atoms with E-state index < -0.39 is 10.0 Å². The molecule has 0 unspecified atom stereocenters. The van der Waals surface area contributed by atoms with Gasteiger partial charge in [0.2, 0.25) is 10.0 Å². The highest BCUT2D eigenvalue weighted by atomic mass is 32.2. The number of hydrogen-bond acceptors (Lipinski definition) is 5. The zero-order valence-corrected chi connectivity index (χ0v) is 17.3. The Bertz CT molecular complexity index is 847. The fraction of sp³-hybridized carbons (Fsp3) is 0.400. The van der Waals surface area contributed by atoms with Crippen LogP contribution in [0.5, 0.6) is 11.5 Å². The molecule has 1 N–H and O–H groups in total. The molecule has 2 aromatic carbocycles. The van der Waals surface area contributed by atoms with Gasteiger partial charge in [0.15, 0.2) is 11.5 Å². The monoisotopic (exact) mass is 392 g/mol. The zero-order valence-electron chi connectivity index (χ0n) is 16.5. The van der Waals surface area contributed by atoms with E-state index in [1.165, 1.54) is 18.4 Å². The average molecular weight is 393 g/mol. The number of hydrogen-bond donors (Lipinski definition) is 1. The van der Waals surface area contributed by atoms with E-state index in [9.17, 15) is 8.42 Å². The summed E-state index contributed by atoms with van der Waals surface area (Å²) in [7, 11) is 1.29. The second kappa shape index (κ2) is 9.21. The van der Waals surface area contributed by atoms with Crippen LogP contribution in [-0.2, 0) is 23.1 Å². The van der Waals surface area contributed by atoms with Crippen LogP contribution < -0.4 is 14.8 Å². The summed E-state index contributed by atoms with van der Waals surface area (Å²) in [5.41, 5.74) is 2.09. The fourth-order valence-electron chi connectivity index (χ4n) is 2.51. The van der Waals surface area contributed by atoms with Crippen LogP contribution in [0.1, 0.15) is 25.0 Å². The zero-order chi connectivity index (χ0) is 20.0. The summed E-state index contributed by atoms with van der Waals surface area (Å²) in [6.07, 6.45) is 0.0853. The molecule has 27 heavy (non-hydrogen) atoms. The lowest BCUT2D eigenvalue weighted by Gasteiger charge is -2.15. The molecule has 2 rings (SSSR count). The van der Waals surface area contributed by atoms with Crippen LogP contribution in [0, 0.1) is 0 Å². The van der Waals surface area contributed by atoms with Gasteiger partial charge in [-0.25, -0.2) is 12.7 Å². The minimum Gasteiger partial charge on any atom is -0.493 e. The third-order valence-electron chi connectivity index (χ3n) is 3.95. The van der Waals surface area contributed by atoms with Crippen molar-refractivity contribution in [3.63, 3.8) is 0 Å². The van der Waals surface area contributed by atoms with Crippen molar-refractivity contribution >= 4 is 10.0 Å². The largest absolute Gasteiger partial charge is 0.493 e. The third-order valence-corrected chi connectivity index (χ3v) is 5.78. The number of benzene rings is 2. The average Bonchev–Trinajstić information content (AvgIpc) is 2.62. The molecule has 0 saturated heterocycles. The highest BCUT2D eigenvalue weighted by Crippen LogP contribution is 2.29. The molecule has 148 valence electrons. The molecule has 0 atom stereocenters. The van der Waals surface area contributed by atoms with Gasteiger partial charge >= 0.3 is 0 Å². The number of ether oxygens (including phenoxy) is 2. The van der Waals surface area contributed by atoms with Gasteiger partial charge in [0.05, 0.1) is 18.1 Å². The van der Waals surface area contributed by atoms with Crippen LogP contribution in [0.4, 0.5) is 0 Å². The first-order valence-corrected chi connectivity index (χ1v) is 10.2. The number of rotatable bonds is 9. The van der Waals surface area contributed by atoms with E-state index in [1.54, 1.807) is 19.2 Å². The van der Waals surface area contributed by atoms with Gasteiger partial charge in [0.25, 0.3) is 0 Å². The SMILES string of the molecule is COc1cc(CNCc2ccc(S(=O)(=O)N(C)C)cc2)ccc1OC(C)C. The van der Waals surface area contributed by atoms with Crippen molar-refractivity contribution in [2.24, 2.45) is 0 Å². The Balaban J connectivity index is 1.96. The molecule has 6 nitrogen and oxygen atoms in total. The highest BCUT2D eigenvalue weighted by Gasteiger charge is 2.16. The molecule has 0 aliphatic rings. The minimum absolute atomic E-state index is 0.0853. The van der Waals surface area contributed by atoms with Crippen molar-refractivity contribution in [3.8, 4) is 11.5 Å². The first-order valence-electron chi connectivity index (χ1n) is 8.79. The lowest BCUT2D eigenvalue weighted by Crippen LogP contribution is -2.22. The fourth-order valence-corrected chi connectivity index (χ4v) is 3.42. The molecule has 0 heterocycles. The topological polar surface area (TPSA) is 67.9 Å². The van der Waals surface area contributed by atoms with Crippen LogP contribution >= 0.6 is 0 Å². The number of methoxy groups -OCH3 is 1. The van der Waals surface area contributed by atoms with Crippen molar-refractivity contribution < 1.29 is 17.9 Å². The summed E-state index contributed by atoms with van der Waals surface area (Å²) in [5.74, 6) is 1.44. The van der Waals surface area contributed by atoms with Crippen molar-refractivity contribution in [2.75, 3.05) is 21.2 Å². The Morgan fingerprint density at radius 1 is 0.963 bits per heavy atom. The van der Waals surface area contributed by atoms with E-state index in [0.717, 1.165) is 16.9 Å². The number of nitrogens with one attached hydrogen (secondary N) is 1. The van der Waals surface area contributed by atoms with Gasteiger partial charge in [0.1, 0.15) is 0 Å².